The van der Waals surface area contributed by atoms with E-state index in [-0.39, 0.29) is 18.4 Å². The molecule has 0 radical (unpaired) electrons. The maximum absolute atomic E-state index is 12.7. The van der Waals surface area contributed by atoms with Crippen molar-refractivity contribution in [3.8, 4) is 0 Å². The number of carbonyl (C=O) groups excluding carboxylic acids is 2. The Kier molecular flexibility index (Phi) is 13.1. The van der Waals surface area contributed by atoms with Crippen LogP contribution < -0.4 is 5.32 Å². The van der Waals surface area contributed by atoms with E-state index in [0.717, 1.165) is 19.3 Å². The Labute approximate surface area is 176 Å². The van der Waals surface area contributed by atoms with Crippen molar-refractivity contribution in [3.63, 3.8) is 0 Å². The van der Waals surface area contributed by atoms with Gasteiger partial charge in [-0.05, 0) is 25.7 Å². The highest BCUT2D eigenvalue weighted by Crippen LogP contribution is 2.13. The Morgan fingerprint density at radius 1 is 1.07 bits per heavy atom. The first-order valence-corrected chi connectivity index (χ1v) is 11.4. The van der Waals surface area contributed by atoms with Crippen LogP contribution >= 0.6 is 0 Å². The summed E-state index contributed by atoms with van der Waals surface area (Å²) in [6.45, 7) is 8.93. The van der Waals surface area contributed by atoms with E-state index >= 15 is 0 Å². The normalized spacial score (nSPS) is 11.1. The lowest BCUT2D eigenvalue weighted by atomic mass is 10.1. The molecule has 1 rings (SSSR count). The molecule has 0 aromatic carbocycles. The summed E-state index contributed by atoms with van der Waals surface area (Å²) in [4.78, 5) is 26.7. The fraction of sp³-hybridized carbons (Fsp3) is 0.783. The minimum Gasteiger partial charge on any atom is -0.360 e. The number of unbranched alkanes of at least 4 members (excludes halogenated alkanes) is 8. The van der Waals surface area contributed by atoms with E-state index in [9.17, 15) is 9.59 Å². The Hall–Kier alpha value is -1.85. The van der Waals surface area contributed by atoms with Gasteiger partial charge in [0.2, 0.25) is 11.8 Å². The van der Waals surface area contributed by atoms with Crippen LogP contribution in [0.4, 0.5) is 5.82 Å². The number of hydrogen-bond acceptors (Lipinski definition) is 4. The highest BCUT2D eigenvalue weighted by atomic mass is 16.5. The first kappa shape index (κ1) is 25.2. The Morgan fingerprint density at radius 2 is 1.69 bits per heavy atom. The molecule has 166 valence electrons. The molecule has 29 heavy (non-hydrogen) atoms. The lowest BCUT2D eigenvalue weighted by Gasteiger charge is -2.23. The van der Waals surface area contributed by atoms with Gasteiger partial charge in [-0.25, -0.2) is 0 Å². The summed E-state index contributed by atoms with van der Waals surface area (Å²) in [6.07, 6.45) is 12.4. The molecule has 0 saturated heterocycles. The maximum atomic E-state index is 12.7. The molecular formula is C23H41N3O3. The van der Waals surface area contributed by atoms with Gasteiger partial charge in [0, 0.05) is 19.0 Å². The zero-order chi connectivity index (χ0) is 21.5. The Morgan fingerprint density at radius 3 is 2.24 bits per heavy atom. The zero-order valence-electron chi connectivity index (χ0n) is 19.0. The molecule has 1 heterocycles. The van der Waals surface area contributed by atoms with Gasteiger partial charge in [-0.3, -0.25) is 9.59 Å². The van der Waals surface area contributed by atoms with Crippen molar-refractivity contribution >= 4 is 17.6 Å². The van der Waals surface area contributed by atoms with Crippen LogP contribution in [0.25, 0.3) is 0 Å². The third kappa shape index (κ3) is 12.3. The van der Waals surface area contributed by atoms with Gasteiger partial charge >= 0.3 is 0 Å². The van der Waals surface area contributed by atoms with E-state index in [1.165, 1.54) is 44.9 Å². The number of aryl methyl sites for hydroxylation is 1. The fourth-order valence-electron chi connectivity index (χ4n) is 3.23. The molecular weight excluding hydrogens is 366 g/mol. The van der Waals surface area contributed by atoms with Gasteiger partial charge in [0.25, 0.3) is 0 Å². The minimum absolute atomic E-state index is 0.0644. The van der Waals surface area contributed by atoms with Crippen LogP contribution in [0, 0.1) is 12.8 Å². The monoisotopic (exact) mass is 407 g/mol. The number of rotatable bonds is 16. The van der Waals surface area contributed by atoms with E-state index in [0.29, 0.717) is 30.5 Å². The summed E-state index contributed by atoms with van der Waals surface area (Å²) in [5.74, 6) is 1.35. The number of aromatic nitrogens is 1. The average Bonchev–Trinajstić information content (AvgIpc) is 3.07. The maximum Gasteiger partial charge on any atom is 0.245 e. The lowest BCUT2D eigenvalue weighted by molar-refractivity contribution is -0.135. The molecule has 0 spiro atoms. The number of anilines is 1. The molecule has 1 N–H and O–H groups in total. The van der Waals surface area contributed by atoms with E-state index in [4.69, 9.17) is 4.52 Å². The molecule has 1 aromatic rings. The van der Waals surface area contributed by atoms with Crippen LogP contribution in [0.3, 0.4) is 0 Å². The van der Waals surface area contributed by atoms with Gasteiger partial charge in [0.15, 0.2) is 5.82 Å². The van der Waals surface area contributed by atoms with Crippen molar-refractivity contribution < 1.29 is 14.1 Å². The summed E-state index contributed by atoms with van der Waals surface area (Å²) in [5.41, 5.74) is 0. The first-order chi connectivity index (χ1) is 13.9. The molecule has 6 heteroatoms. The zero-order valence-corrected chi connectivity index (χ0v) is 19.0. The molecule has 0 aliphatic carbocycles. The van der Waals surface area contributed by atoms with E-state index < -0.39 is 0 Å². The van der Waals surface area contributed by atoms with Gasteiger partial charge in [-0.15, -0.1) is 0 Å². The third-order valence-electron chi connectivity index (χ3n) is 5.05. The van der Waals surface area contributed by atoms with Crippen molar-refractivity contribution in [3.05, 3.63) is 11.8 Å². The van der Waals surface area contributed by atoms with Gasteiger partial charge in [0.05, 0.1) is 6.54 Å². The van der Waals surface area contributed by atoms with Crippen molar-refractivity contribution in [1.29, 1.82) is 0 Å². The molecule has 0 unspecified atom stereocenters. The van der Waals surface area contributed by atoms with E-state index in [1.54, 1.807) is 17.9 Å². The number of nitrogens with one attached hydrogen (secondary N) is 1. The number of carbonyl (C=O) groups is 2. The topological polar surface area (TPSA) is 75.4 Å². The van der Waals surface area contributed by atoms with Crippen LogP contribution in [0.1, 0.15) is 97.2 Å². The standard InChI is InChI=1S/C23H41N3O3/c1-5-6-7-8-9-10-11-12-13-14-23(28)26(16-15-19(2)3)18-22(27)24-21-17-20(4)29-25-21/h17,19H,5-16,18H2,1-4H3,(H,24,25,27). The van der Waals surface area contributed by atoms with Crippen molar-refractivity contribution in [1.82, 2.24) is 10.1 Å². The predicted octanol–water partition coefficient (Wildman–Crippen LogP) is 5.72. The van der Waals surface area contributed by atoms with Crippen LogP contribution in [-0.4, -0.2) is 35.0 Å². The second-order valence-electron chi connectivity index (χ2n) is 8.45. The van der Waals surface area contributed by atoms with Crippen LogP contribution in [0.2, 0.25) is 0 Å². The highest BCUT2D eigenvalue weighted by Gasteiger charge is 2.18. The van der Waals surface area contributed by atoms with Crippen LogP contribution in [0.15, 0.2) is 10.6 Å². The lowest BCUT2D eigenvalue weighted by Crippen LogP contribution is -2.39. The largest absolute Gasteiger partial charge is 0.360 e. The number of amides is 2. The molecule has 2 amide bonds. The molecule has 0 fully saturated rings. The van der Waals surface area contributed by atoms with Crippen LogP contribution in [-0.2, 0) is 9.59 Å². The summed E-state index contributed by atoms with van der Waals surface area (Å²) >= 11 is 0. The molecule has 0 atom stereocenters. The quantitative estimate of drug-likeness (QED) is 0.356. The SMILES string of the molecule is CCCCCCCCCCCC(=O)N(CCC(C)C)CC(=O)Nc1cc(C)on1. The smallest absolute Gasteiger partial charge is 0.245 e. The highest BCUT2D eigenvalue weighted by molar-refractivity contribution is 5.93. The molecule has 6 nitrogen and oxygen atoms in total. The molecule has 0 aliphatic rings. The van der Waals surface area contributed by atoms with Gasteiger partial charge in [-0.2, -0.15) is 0 Å². The second kappa shape index (κ2) is 15.1. The van der Waals surface area contributed by atoms with Crippen LogP contribution in [0.5, 0.6) is 0 Å². The molecule has 1 aromatic heterocycles. The van der Waals surface area contributed by atoms with Crippen molar-refractivity contribution in [2.24, 2.45) is 5.92 Å². The van der Waals surface area contributed by atoms with Crippen molar-refractivity contribution in [2.75, 3.05) is 18.4 Å². The van der Waals surface area contributed by atoms with Gasteiger partial charge in [-0.1, -0.05) is 77.3 Å². The van der Waals surface area contributed by atoms with Gasteiger partial charge < -0.3 is 14.7 Å². The number of hydrogen-bond donors (Lipinski definition) is 1. The molecule has 0 aliphatic heterocycles. The van der Waals surface area contributed by atoms with Crippen molar-refractivity contribution in [2.45, 2.75) is 98.3 Å². The average molecular weight is 408 g/mol. The number of nitrogens with zero attached hydrogens (tertiary/aromatic N) is 2. The van der Waals surface area contributed by atoms with E-state index in [1.807, 2.05) is 0 Å². The van der Waals surface area contributed by atoms with Gasteiger partial charge in [0.1, 0.15) is 5.76 Å². The predicted molar refractivity (Wildman–Crippen MR) is 118 cm³/mol. The molecule has 0 saturated carbocycles. The summed E-state index contributed by atoms with van der Waals surface area (Å²) in [7, 11) is 0. The Balaban J connectivity index is 2.33. The summed E-state index contributed by atoms with van der Waals surface area (Å²) < 4.78 is 4.96. The first-order valence-electron chi connectivity index (χ1n) is 11.4. The molecule has 0 bridgehead atoms. The second-order valence-corrected chi connectivity index (χ2v) is 8.45. The summed E-state index contributed by atoms with van der Waals surface area (Å²) in [5, 5.41) is 6.48. The minimum atomic E-state index is -0.234. The fourth-order valence-corrected chi connectivity index (χ4v) is 3.23. The summed E-state index contributed by atoms with van der Waals surface area (Å²) in [6, 6.07) is 1.67. The Bertz CT molecular complexity index is 584. The van der Waals surface area contributed by atoms with E-state index in [2.05, 4.69) is 31.2 Å². The third-order valence-corrected chi connectivity index (χ3v) is 5.05.